The van der Waals surface area contributed by atoms with Crippen molar-refractivity contribution in [2.45, 2.75) is 52.1 Å². The van der Waals surface area contributed by atoms with Gasteiger partial charge in [-0.15, -0.1) is 0 Å². The van der Waals surface area contributed by atoms with Gasteiger partial charge in [-0.1, -0.05) is 6.07 Å². The molecule has 2 atom stereocenters. The number of furan rings is 1. The van der Waals surface area contributed by atoms with E-state index in [0.717, 1.165) is 24.4 Å². The fraction of sp³-hybridized carbons (Fsp3) is 0.444. The fourth-order valence-corrected chi connectivity index (χ4v) is 3.43. The van der Waals surface area contributed by atoms with E-state index in [0.29, 0.717) is 11.8 Å². The van der Waals surface area contributed by atoms with Crippen LogP contribution in [0.15, 0.2) is 28.7 Å². The Morgan fingerprint density at radius 2 is 2.10 bits per heavy atom. The lowest BCUT2D eigenvalue weighted by atomic mass is 9.87. The van der Waals surface area contributed by atoms with Gasteiger partial charge in [-0.05, 0) is 69.4 Å². The topological polar surface area (TPSA) is 45.4 Å². The molecule has 0 spiro atoms. The lowest BCUT2D eigenvalue weighted by molar-refractivity contribution is 0.406. The molecule has 1 heterocycles. The Labute approximate surface area is 126 Å². The molecule has 1 aliphatic rings. The zero-order valence-electron chi connectivity index (χ0n) is 12.9. The highest BCUT2D eigenvalue weighted by Crippen LogP contribution is 2.34. The van der Waals surface area contributed by atoms with E-state index in [1.54, 1.807) is 6.07 Å². The van der Waals surface area contributed by atoms with Gasteiger partial charge in [0, 0.05) is 17.6 Å². The van der Waals surface area contributed by atoms with Crippen molar-refractivity contribution in [2.75, 3.05) is 0 Å². The van der Waals surface area contributed by atoms with Crippen molar-refractivity contribution in [2.24, 2.45) is 0 Å². The monoisotopic (exact) mass is 285 g/mol. The van der Waals surface area contributed by atoms with E-state index in [2.05, 4.69) is 24.4 Å². The van der Waals surface area contributed by atoms with Crippen molar-refractivity contribution in [1.29, 1.82) is 0 Å². The molecule has 3 rings (SSSR count). The maximum Gasteiger partial charge on any atom is 0.115 e. The minimum absolute atomic E-state index is 0.237. The third-order valence-corrected chi connectivity index (χ3v) is 4.44. The van der Waals surface area contributed by atoms with E-state index in [1.165, 1.54) is 23.1 Å². The molecule has 2 N–H and O–H groups in total. The average Bonchev–Trinajstić information content (AvgIpc) is 2.78. The molecule has 0 fully saturated rings. The third kappa shape index (κ3) is 2.84. The Morgan fingerprint density at radius 3 is 2.81 bits per heavy atom. The van der Waals surface area contributed by atoms with Gasteiger partial charge in [0.2, 0.25) is 0 Å². The van der Waals surface area contributed by atoms with Crippen LogP contribution in [0.1, 0.15) is 60.1 Å². The fourth-order valence-electron chi connectivity index (χ4n) is 3.43. The number of aromatic hydroxyl groups is 1. The van der Waals surface area contributed by atoms with E-state index in [9.17, 15) is 5.11 Å². The predicted molar refractivity (Wildman–Crippen MR) is 83.5 cm³/mol. The van der Waals surface area contributed by atoms with Gasteiger partial charge in [0.25, 0.3) is 0 Å². The molecule has 0 saturated heterocycles. The molecule has 0 bridgehead atoms. The van der Waals surface area contributed by atoms with Crippen LogP contribution in [0.3, 0.4) is 0 Å². The Morgan fingerprint density at radius 1 is 1.29 bits per heavy atom. The number of hydrogen-bond acceptors (Lipinski definition) is 3. The first-order chi connectivity index (χ1) is 10.0. The van der Waals surface area contributed by atoms with Crippen molar-refractivity contribution in [3.05, 3.63) is 52.5 Å². The summed E-state index contributed by atoms with van der Waals surface area (Å²) < 4.78 is 5.63. The average molecular weight is 285 g/mol. The summed E-state index contributed by atoms with van der Waals surface area (Å²) in [5.74, 6) is 2.29. The maximum absolute atomic E-state index is 9.76. The molecule has 2 unspecified atom stereocenters. The second kappa shape index (κ2) is 5.57. The van der Waals surface area contributed by atoms with Crippen LogP contribution in [0.2, 0.25) is 0 Å². The Kier molecular flexibility index (Phi) is 3.77. The van der Waals surface area contributed by atoms with Gasteiger partial charge in [-0.3, -0.25) is 0 Å². The lowest BCUT2D eigenvalue weighted by Crippen LogP contribution is -2.27. The Hall–Kier alpha value is -1.74. The van der Waals surface area contributed by atoms with Crippen molar-refractivity contribution < 1.29 is 9.52 Å². The molecule has 1 aromatic heterocycles. The first-order valence-corrected chi connectivity index (χ1v) is 7.69. The molecule has 1 aromatic carbocycles. The van der Waals surface area contributed by atoms with Crippen LogP contribution in [-0.2, 0) is 6.42 Å². The van der Waals surface area contributed by atoms with E-state index >= 15 is 0 Å². The summed E-state index contributed by atoms with van der Waals surface area (Å²) in [4.78, 5) is 0. The van der Waals surface area contributed by atoms with Crippen molar-refractivity contribution in [3.63, 3.8) is 0 Å². The standard InChI is InChI=1S/C18H23NO2/c1-11-9-16(13(3)21-11)12(2)19-18-6-4-5-14-7-8-15(20)10-17(14)18/h7-10,12,18-20H,4-6H2,1-3H3. The number of phenols is 1. The highest BCUT2D eigenvalue weighted by atomic mass is 16.3. The van der Waals surface area contributed by atoms with E-state index in [1.807, 2.05) is 19.9 Å². The molecule has 0 amide bonds. The normalized spacial score (nSPS) is 19.3. The zero-order valence-corrected chi connectivity index (χ0v) is 12.9. The molecule has 1 aliphatic carbocycles. The quantitative estimate of drug-likeness (QED) is 0.882. The summed E-state index contributed by atoms with van der Waals surface area (Å²) in [5, 5.41) is 13.5. The van der Waals surface area contributed by atoms with Gasteiger partial charge in [-0.25, -0.2) is 0 Å². The highest BCUT2D eigenvalue weighted by molar-refractivity contribution is 5.39. The Bertz CT molecular complexity index is 645. The van der Waals surface area contributed by atoms with E-state index in [4.69, 9.17) is 4.42 Å². The first kappa shape index (κ1) is 14.2. The van der Waals surface area contributed by atoms with Crippen LogP contribution >= 0.6 is 0 Å². The molecule has 21 heavy (non-hydrogen) atoms. The summed E-state index contributed by atoms with van der Waals surface area (Å²) >= 11 is 0. The van der Waals surface area contributed by atoms with Crippen LogP contribution in [0.5, 0.6) is 5.75 Å². The molecule has 112 valence electrons. The van der Waals surface area contributed by atoms with Gasteiger partial charge >= 0.3 is 0 Å². The molecule has 2 aromatic rings. The number of hydrogen-bond donors (Lipinski definition) is 2. The van der Waals surface area contributed by atoms with Crippen LogP contribution in [0.25, 0.3) is 0 Å². The largest absolute Gasteiger partial charge is 0.508 e. The van der Waals surface area contributed by atoms with Crippen LogP contribution in [-0.4, -0.2) is 5.11 Å². The number of rotatable bonds is 3. The van der Waals surface area contributed by atoms with Crippen LogP contribution in [0.4, 0.5) is 0 Å². The smallest absolute Gasteiger partial charge is 0.115 e. The summed E-state index contributed by atoms with van der Waals surface area (Å²) in [5.41, 5.74) is 3.81. The number of phenolic OH excluding ortho intramolecular Hbond substituents is 1. The zero-order chi connectivity index (χ0) is 15.0. The molecule has 0 saturated carbocycles. The van der Waals surface area contributed by atoms with E-state index in [-0.39, 0.29) is 6.04 Å². The van der Waals surface area contributed by atoms with Gasteiger partial charge in [0.05, 0.1) is 0 Å². The number of benzene rings is 1. The summed E-state index contributed by atoms with van der Waals surface area (Å²) in [7, 11) is 0. The van der Waals surface area contributed by atoms with Gasteiger partial charge in [0.15, 0.2) is 0 Å². The summed E-state index contributed by atoms with van der Waals surface area (Å²) in [6.45, 7) is 6.17. The van der Waals surface area contributed by atoms with Gasteiger partial charge in [0.1, 0.15) is 17.3 Å². The van der Waals surface area contributed by atoms with Crippen molar-refractivity contribution in [1.82, 2.24) is 5.32 Å². The minimum Gasteiger partial charge on any atom is -0.508 e. The highest BCUT2D eigenvalue weighted by Gasteiger charge is 2.23. The number of fused-ring (bicyclic) bond motifs is 1. The van der Waals surface area contributed by atoms with E-state index < -0.39 is 0 Å². The number of nitrogens with one attached hydrogen (secondary N) is 1. The second-order valence-corrected chi connectivity index (χ2v) is 6.08. The minimum atomic E-state index is 0.237. The summed E-state index contributed by atoms with van der Waals surface area (Å²) in [6.07, 6.45) is 3.40. The summed E-state index contributed by atoms with van der Waals surface area (Å²) in [6, 6.07) is 8.39. The Balaban J connectivity index is 1.83. The van der Waals surface area contributed by atoms with Crippen molar-refractivity contribution in [3.8, 4) is 5.75 Å². The lowest BCUT2D eigenvalue weighted by Gasteiger charge is -2.29. The molecular formula is C18H23NO2. The molecule has 0 aliphatic heterocycles. The van der Waals surface area contributed by atoms with Crippen LogP contribution in [0, 0.1) is 13.8 Å². The van der Waals surface area contributed by atoms with Crippen molar-refractivity contribution >= 4 is 0 Å². The third-order valence-electron chi connectivity index (χ3n) is 4.44. The van der Waals surface area contributed by atoms with Gasteiger partial charge < -0.3 is 14.8 Å². The first-order valence-electron chi connectivity index (χ1n) is 7.69. The number of aryl methyl sites for hydroxylation is 3. The second-order valence-electron chi connectivity index (χ2n) is 6.08. The molecule has 3 nitrogen and oxygen atoms in total. The SMILES string of the molecule is Cc1cc(C(C)NC2CCCc3ccc(O)cc32)c(C)o1. The van der Waals surface area contributed by atoms with Gasteiger partial charge in [-0.2, -0.15) is 0 Å². The van der Waals surface area contributed by atoms with Crippen LogP contribution < -0.4 is 5.32 Å². The molecule has 3 heteroatoms. The molecular weight excluding hydrogens is 262 g/mol. The predicted octanol–water partition coefficient (Wildman–Crippen LogP) is 4.33. The molecule has 0 radical (unpaired) electrons. The maximum atomic E-state index is 9.76.